The summed E-state index contributed by atoms with van der Waals surface area (Å²) in [6, 6.07) is 15.0. The summed E-state index contributed by atoms with van der Waals surface area (Å²) in [5, 5.41) is 23.2. The van der Waals surface area contributed by atoms with Crippen LogP contribution in [0.15, 0.2) is 71.2 Å². The van der Waals surface area contributed by atoms with Crippen molar-refractivity contribution in [2.45, 2.75) is 24.9 Å². The van der Waals surface area contributed by atoms with Crippen LogP contribution in [0.4, 0.5) is 11.4 Å². The van der Waals surface area contributed by atoms with Gasteiger partial charge in [0, 0.05) is 24.5 Å². The quantitative estimate of drug-likeness (QED) is 0.428. The largest absolute Gasteiger partial charge is 0.478 e. The summed E-state index contributed by atoms with van der Waals surface area (Å²) in [6.45, 7) is 1.08. The Hall–Kier alpha value is -4.82. The molecule has 202 valence electrons. The number of carbonyl (C=O) groups is 3. The minimum absolute atomic E-state index is 0.0216. The fourth-order valence-electron chi connectivity index (χ4n) is 4.81. The highest BCUT2D eigenvalue weighted by molar-refractivity contribution is 6.07. The van der Waals surface area contributed by atoms with Crippen LogP contribution in [-0.4, -0.2) is 56.5 Å². The number of nitriles is 1. The molecular weight excluding hydrogens is 504 g/mol. The highest BCUT2D eigenvalue weighted by Crippen LogP contribution is 2.43. The van der Waals surface area contributed by atoms with Gasteiger partial charge in [-0.3, -0.25) is 4.90 Å². The van der Waals surface area contributed by atoms with Crippen LogP contribution in [-0.2, 0) is 23.8 Å². The number of benzene rings is 2. The first-order valence-corrected chi connectivity index (χ1v) is 12.2. The summed E-state index contributed by atoms with van der Waals surface area (Å²) in [5.74, 6) is -4.21. The lowest BCUT2D eigenvalue weighted by Crippen LogP contribution is -2.40. The fraction of sp³-hybridized carbons (Fsp3) is 0.286. The number of carboxylic acid groups (broad SMARTS) is 1. The van der Waals surface area contributed by atoms with Gasteiger partial charge in [0.05, 0.1) is 49.0 Å². The average molecular weight is 533 g/mol. The molecule has 11 nitrogen and oxygen atoms in total. The number of aromatic carboxylic acids is 1. The molecule has 0 amide bonds. The van der Waals surface area contributed by atoms with E-state index in [4.69, 9.17) is 19.9 Å². The zero-order valence-electron chi connectivity index (χ0n) is 21.5. The number of nitrogens with two attached hydrogens (primary N) is 1. The lowest BCUT2D eigenvalue weighted by atomic mass is 9.81. The first-order chi connectivity index (χ1) is 18.8. The molecule has 4 rings (SSSR count). The van der Waals surface area contributed by atoms with Crippen LogP contribution in [0.3, 0.4) is 0 Å². The van der Waals surface area contributed by atoms with Crippen LogP contribution in [0.25, 0.3) is 0 Å². The van der Waals surface area contributed by atoms with Gasteiger partial charge in [0.15, 0.2) is 0 Å². The van der Waals surface area contributed by atoms with E-state index >= 15 is 0 Å². The maximum absolute atomic E-state index is 13.2. The van der Waals surface area contributed by atoms with Crippen molar-refractivity contribution < 1.29 is 33.7 Å². The Kier molecular flexibility index (Phi) is 8.17. The third-order valence-corrected chi connectivity index (χ3v) is 6.65. The Morgan fingerprint density at radius 1 is 1.15 bits per heavy atom. The van der Waals surface area contributed by atoms with E-state index in [9.17, 15) is 24.8 Å². The number of nitrogens with one attached hydrogen (secondary N) is 1. The summed E-state index contributed by atoms with van der Waals surface area (Å²) in [5.41, 5.74) is 6.91. The Morgan fingerprint density at radius 2 is 1.87 bits per heavy atom. The van der Waals surface area contributed by atoms with Gasteiger partial charge < -0.3 is 30.4 Å². The van der Waals surface area contributed by atoms with Gasteiger partial charge in [-0.1, -0.05) is 30.3 Å². The van der Waals surface area contributed by atoms with Crippen molar-refractivity contribution >= 4 is 29.3 Å². The van der Waals surface area contributed by atoms with Crippen molar-refractivity contribution in [3.8, 4) is 6.07 Å². The molecule has 2 aromatic carbocycles. The molecule has 4 N–H and O–H groups in total. The zero-order chi connectivity index (χ0) is 28.1. The normalized spacial score (nSPS) is 18.9. The number of nitrogens with zero attached hydrogens (tertiary/aromatic N) is 2. The summed E-state index contributed by atoms with van der Waals surface area (Å²) in [6.07, 6.45) is 1.77. The molecule has 0 aliphatic carbocycles. The highest BCUT2D eigenvalue weighted by Gasteiger charge is 2.43. The average Bonchev–Trinajstić information content (AvgIpc) is 3.48. The van der Waals surface area contributed by atoms with E-state index in [1.165, 1.54) is 18.2 Å². The first kappa shape index (κ1) is 27.2. The molecular formula is C28H28N4O7. The standard InChI is InChI=1S/C28H28N4O7/c1-37-27(35)23-22(16-7-4-3-5-8-16)20(14-29)25(30)32(24(23)28(36)38-2)17-10-11-21(19(13-17)26(33)34)31-15-18-9-6-12-39-18/h3-5,7-8,10-11,13,18,22,31H,6,9,12,15,30H2,1-2H3,(H,33,34). The predicted octanol–water partition coefficient (Wildman–Crippen LogP) is 2.87. The molecule has 2 heterocycles. The molecule has 1 saturated heterocycles. The van der Waals surface area contributed by atoms with E-state index in [-0.39, 0.29) is 40.0 Å². The molecule has 2 atom stereocenters. The van der Waals surface area contributed by atoms with Crippen LogP contribution < -0.4 is 16.0 Å². The van der Waals surface area contributed by atoms with Gasteiger partial charge in [-0.2, -0.15) is 5.26 Å². The van der Waals surface area contributed by atoms with E-state index in [0.717, 1.165) is 32.0 Å². The van der Waals surface area contributed by atoms with Crippen molar-refractivity contribution in [3.63, 3.8) is 0 Å². The van der Waals surface area contributed by atoms with Crippen molar-refractivity contribution in [2.24, 2.45) is 5.73 Å². The summed E-state index contributed by atoms with van der Waals surface area (Å²) in [7, 11) is 2.29. The van der Waals surface area contributed by atoms with Gasteiger partial charge in [-0.15, -0.1) is 0 Å². The SMILES string of the molecule is COC(=O)C1=C(C(=O)OC)N(c2ccc(NCC3CCCO3)c(C(=O)O)c2)C(N)=C(C#N)C1c1ccccc1. The lowest BCUT2D eigenvalue weighted by Gasteiger charge is -2.36. The van der Waals surface area contributed by atoms with Gasteiger partial charge in [-0.25, -0.2) is 14.4 Å². The minimum atomic E-state index is -1.23. The Morgan fingerprint density at radius 3 is 2.46 bits per heavy atom. The fourth-order valence-corrected chi connectivity index (χ4v) is 4.81. The molecule has 11 heteroatoms. The third kappa shape index (κ3) is 5.28. The van der Waals surface area contributed by atoms with E-state index < -0.39 is 23.8 Å². The third-order valence-electron chi connectivity index (χ3n) is 6.65. The topological polar surface area (TPSA) is 164 Å². The maximum atomic E-state index is 13.2. The van der Waals surface area contributed by atoms with Gasteiger partial charge >= 0.3 is 17.9 Å². The van der Waals surface area contributed by atoms with Crippen molar-refractivity contribution in [2.75, 3.05) is 37.6 Å². The number of ether oxygens (including phenoxy) is 3. The Balaban J connectivity index is 1.90. The number of carbonyl (C=O) groups excluding carboxylic acids is 2. The summed E-state index contributed by atoms with van der Waals surface area (Å²) >= 11 is 0. The van der Waals surface area contributed by atoms with Gasteiger partial charge in [0.25, 0.3) is 0 Å². The predicted molar refractivity (Wildman–Crippen MR) is 140 cm³/mol. The molecule has 0 saturated carbocycles. The summed E-state index contributed by atoms with van der Waals surface area (Å²) in [4.78, 5) is 39.7. The molecule has 0 spiro atoms. The van der Waals surface area contributed by atoms with Crippen LogP contribution in [0.1, 0.15) is 34.7 Å². The molecule has 2 aliphatic rings. The van der Waals surface area contributed by atoms with Crippen LogP contribution in [0.2, 0.25) is 0 Å². The second-order valence-corrected chi connectivity index (χ2v) is 8.89. The second kappa shape index (κ2) is 11.7. The molecule has 2 aromatic rings. The number of anilines is 2. The maximum Gasteiger partial charge on any atom is 0.355 e. The number of esters is 2. The van der Waals surface area contributed by atoms with E-state index in [1.54, 1.807) is 30.3 Å². The molecule has 1 fully saturated rings. The Bertz CT molecular complexity index is 1390. The van der Waals surface area contributed by atoms with Crippen LogP contribution in [0.5, 0.6) is 0 Å². The number of allylic oxidation sites excluding steroid dienone is 1. The molecule has 2 unspecified atom stereocenters. The molecule has 0 bridgehead atoms. The monoisotopic (exact) mass is 532 g/mol. The smallest absolute Gasteiger partial charge is 0.355 e. The van der Waals surface area contributed by atoms with Crippen LogP contribution >= 0.6 is 0 Å². The molecule has 0 radical (unpaired) electrons. The summed E-state index contributed by atoms with van der Waals surface area (Å²) < 4.78 is 15.6. The second-order valence-electron chi connectivity index (χ2n) is 8.89. The van der Waals surface area contributed by atoms with Gasteiger partial charge in [-0.05, 0) is 36.6 Å². The number of methoxy groups -OCH3 is 2. The van der Waals surface area contributed by atoms with Crippen LogP contribution in [0, 0.1) is 11.3 Å². The first-order valence-electron chi connectivity index (χ1n) is 12.2. The van der Waals surface area contributed by atoms with Gasteiger partial charge in [0.1, 0.15) is 11.5 Å². The van der Waals surface area contributed by atoms with Crippen molar-refractivity contribution in [1.82, 2.24) is 0 Å². The number of rotatable bonds is 8. The molecule has 2 aliphatic heterocycles. The van der Waals surface area contributed by atoms with E-state index in [1.807, 2.05) is 0 Å². The number of carboxylic acids is 1. The van der Waals surface area contributed by atoms with Gasteiger partial charge in [0.2, 0.25) is 0 Å². The number of hydrogen-bond acceptors (Lipinski definition) is 10. The highest BCUT2D eigenvalue weighted by atomic mass is 16.5. The lowest BCUT2D eigenvalue weighted by molar-refractivity contribution is -0.139. The molecule has 0 aromatic heterocycles. The van der Waals surface area contributed by atoms with E-state index in [2.05, 4.69) is 11.4 Å². The number of hydrogen-bond donors (Lipinski definition) is 3. The molecule has 39 heavy (non-hydrogen) atoms. The van der Waals surface area contributed by atoms with Crippen molar-refractivity contribution in [1.29, 1.82) is 5.26 Å². The zero-order valence-corrected chi connectivity index (χ0v) is 21.5. The Labute approximate surface area is 225 Å². The van der Waals surface area contributed by atoms with Crippen molar-refractivity contribution in [3.05, 3.63) is 82.3 Å². The minimum Gasteiger partial charge on any atom is -0.478 e. The van der Waals surface area contributed by atoms with E-state index in [0.29, 0.717) is 24.4 Å².